The zero-order valence-electron chi connectivity index (χ0n) is 10.4. The van der Waals surface area contributed by atoms with Crippen molar-refractivity contribution in [3.05, 3.63) is 12.2 Å². The van der Waals surface area contributed by atoms with Crippen LogP contribution in [0, 0.1) is 5.41 Å². The predicted octanol–water partition coefficient (Wildman–Crippen LogP) is 4.90. The molecular weight excluding hydrogens is 188 g/mol. The number of thioether (sulfide) groups is 1. The Balaban J connectivity index is 3.49. The quantitative estimate of drug-likeness (QED) is 0.409. The van der Waals surface area contributed by atoms with E-state index in [1.807, 2.05) is 11.8 Å². The van der Waals surface area contributed by atoms with Gasteiger partial charge in [0.25, 0.3) is 0 Å². The molecule has 0 aliphatic heterocycles. The highest BCUT2D eigenvalue weighted by atomic mass is 32.2. The summed E-state index contributed by atoms with van der Waals surface area (Å²) in [4.78, 5) is 0. The van der Waals surface area contributed by atoms with Crippen LogP contribution in [-0.4, -0.2) is 12.0 Å². The lowest BCUT2D eigenvalue weighted by molar-refractivity contribution is 0.312. The fraction of sp³-hybridized carbons (Fsp3) is 0.846. The molecule has 0 spiro atoms. The van der Waals surface area contributed by atoms with E-state index in [4.69, 9.17) is 0 Å². The van der Waals surface area contributed by atoms with Crippen molar-refractivity contribution < 1.29 is 0 Å². The van der Waals surface area contributed by atoms with Gasteiger partial charge >= 0.3 is 0 Å². The first-order valence-electron chi connectivity index (χ1n) is 5.61. The Hall–Kier alpha value is 0.0900. The van der Waals surface area contributed by atoms with Crippen molar-refractivity contribution in [3.8, 4) is 0 Å². The zero-order chi connectivity index (χ0) is 11.0. The fourth-order valence-corrected chi connectivity index (χ4v) is 2.29. The van der Waals surface area contributed by atoms with Gasteiger partial charge < -0.3 is 0 Å². The van der Waals surface area contributed by atoms with Crippen LogP contribution in [-0.2, 0) is 0 Å². The Labute approximate surface area is 94.6 Å². The lowest BCUT2D eigenvalue weighted by Gasteiger charge is -2.24. The first-order chi connectivity index (χ1) is 6.48. The molecule has 0 aromatic rings. The highest BCUT2D eigenvalue weighted by Crippen LogP contribution is 2.29. The monoisotopic (exact) mass is 214 g/mol. The summed E-state index contributed by atoms with van der Waals surface area (Å²) in [5.41, 5.74) is 1.87. The molecule has 0 rings (SSSR count). The molecule has 0 aliphatic carbocycles. The van der Waals surface area contributed by atoms with E-state index in [0.717, 1.165) is 0 Å². The molecule has 0 aliphatic rings. The van der Waals surface area contributed by atoms with Crippen molar-refractivity contribution in [2.75, 3.05) is 12.0 Å². The second-order valence-electron chi connectivity index (χ2n) is 5.07. The van der Waals surface area contributed by atoms with Crippen LogP contribution in [0.15, 0.2) is 12.2 Å². The number of rotatable bonds is 8. The number of hydrogen-bond donors (Lipinski definition) is 0. The minimum atomic E-state index is 0.540. The average molecular weight is 214 g/mol. The summed E-state index contributed by atoms with van der Waals surface area (Å²) in [7, 11) is 0. The van der Waals surface area contributed by atoms with Crippen molar-refractivity contribution >= 4 is 11.8 Å². The molecule has 0 saturated carbocycles. The van der Waals surface area contributed by atoms with Crippen LogP contribution in [0.25, 0.3) is 0 Å². The Kier molecular flexibility index (Phi) is 7.44. The van der Waals surface area contributed by atoms with Crippen LogP contribution in [0.3, 0.4) is 0 Å². The maximum Gasteiger partial charge on any atom is -0.00652 e. The van der Waals surface area contributed by atoms with E-state index in [1.54, 1.807) is 0 Å². The zero-order valence-corrected chi connectivity index (χ0v) is 11.2. The van der Waals surface area contributed by atoms with Crippen molar-refractivity contribution in [2.24, 2.45) is 5.41 Å². The summed E-state index contributed by atoms with van der Waals surface area (Å²) in [5.74, 6) is 1.30. The van der Waals surface area contributed by atoms with Gasteiger partial charge in [-0.05, 0) is 50.0 Å². The van der Waals surface area contributed by atoms with Gasteiger partial charge in [0.2, 0.25) is 0 Å². The van der Waals surface area contributed by atoms with Crippen LogP contribution >= 0.6 is 11.8 Å². The standard InChI is InChI=1S/C13H26S/c1-12(2)8-6-7-9-13(3,4)10-11-14-5/h1,6-11H2,2-5H3. The van der Waals surface area contributed by atoms with Crippen molar-refractivity contribution in [1.29, 1.82) is 0 Å². The molecule has 0 fully saturated rings. The number of hydrogen-bond acceptors (Lipinski definition) is 1. The van der Waals surface area contributed by atoms with Crippen LogP contribution in [0.2, 0.25) is 0 Å². The van der Waals surface area contributed by atoms with Gasteiger partial charge in [0.1, 0.15) is 0 Å². The highest BCUT2D eigenvalue weighted by molar-refractivity contribution is 7.98. The minimum absolute atomic E-state index is 0.540. The van der Waals surface area contributed by atoms with E-state index < -0.39 is 0 Å². The lowest BCUT2D eigenvalue weighted by atomic mass is 9.84. The van der Waals surface area contributed by atoms with Crippen LogP contribution < -0.4 is 0 Å². The molecule has 0 heterocycles. The minimum Gasteiger partial charge on any atom is -0.165 e. The van der Waals surface area contributed by atoms with E-state index in [-0.39, 0.29) is 0 Å². The van der Waals surface area contributed by atoms with E-state index in [9.17, 15) is 0 Å². The molecule has 0 amide bonds. The Bertz CT molecular complexity index is 159. The topological polar surface area (TPSA) is 0 Å². The highest BCUT2D eigenvalue weighted by Gasteiger charge is 2.16. The van der Waals surface area contributed by atoms with Gasteiger partial charge in [-0.3, -0.25) is 0 Å². The van der Waals surface area contributed by atoms with E-state index in [1.165, 1.54) is 43.4 Å². The van der Waals surface area contributed by atoms with Gasteiger partial charge in [0.05, 0.1) is 0 Å². The number of unbranched alkanes of at least 4 members (excludes halogenated alkanes) is 1. The van der Waals surface area contributed by atoms with Crippen LogP contribution in [0.4, 0.5) is 0 Å². The van der Waals surface area contributed by atoms with Gasteiger partial charge in [-0.1, -0.05) is 25.8 Å². The molecule has 1 heteroatoms. The molecule has 0 unspecified atom stereocenters. The largest absolute Gasteiger partial charge is 0.165 e. The van der Waals surface area contributed by atoms with E-state index in [0.29, 0.717) is 5.41 Å². The van der Waals surface area contributed by atoms with Crippen LogP contribution in [0.5, 0.6) is 0 Å². The first-order valence-corrected chi connectivity index (χ1v) is 7.00. The molecule has 0 nitrogen and oxygen atoms in total. The maximum absolute atomic E-state index is 3.94. The first kappa shape index (κ1) is 14.1. The molecule has 0 N–H and O–H groups in total. The van der Waals surface area contributed by atoms with E-state index in [2.05, 4.69) is 33.6 Å². The maximum atomic E-state index is 3.94. The second kappa shape index (κ2) is 7.39. The van der Waals surface area contributed by atoms with Crippen molar-refractivity contribution in [3.63, 3.8) is 0 Å². The van der Waals surface area contributed by atoms with Gasteiger partial charge in [-0.2, -0.15) is 11.8 Å². The molecule has 0 radical (unpaired) electrons. The predicted molar refractivity (Wildman–Crippen MR) is 70.1 cm³/mol. The summed E-state index contributed by atoms with van der Waals surface area (Å²) in [6.07, 6.45) is 8.78. The van der Waals surface area contributed by atoms with Gasteiger partial charge in [-0.15, -0.1) is 6.58 Å². The van der Waals surface area contributed by atoms with E-state index >= 15 is 0 Å². The van der Waals surface area contributed by atoms with Crippen molar-refractivity contribution in [2.45, 2.75) is 52.9 Å². The smallest absolute Gasteiger partial charge is 0.00652 e. The van der Waals surface area contributed by atoms with Crippen LogP contribution in [0.1, 0.15) is 52.9 Å². The molecule has 0 atom stereocenters. The molecule has 0 aromatic heterocycles. The third kappa shape index (κ3) is 8.68. The third-order valence-corrected chi connectivity index (χ3v) is 3.30. The normalized spacial score (nSPS) is 11.7. The average Bonchev–Trinajstić information content (AvgIpc) is 2.09. The third-order valence-electron chi connectivity index (χ3n) is 2.69. The molecule has 0 bridgehead atoms. The summed E-state index contributed by atoms with van der Waals surface area (Å²) in [6.45, 7) is 10.8. The SMILES string of the molecule is C=C(C)CCCCC(C)(C)CCSC. The summed E-state index contributed by atoms with van der Waals surface area (Å²) >= 11 is 1.96. The Morgan fingerprint density at radius 2 is 1.86 bits per heavy atom. The van der Waals surface area contributed by atoms with Gasteiger partial charge in [-0.25, -0.2) is 0 Å². The number of allylic oxidation sites excluding steroid dienone is 1. The second-order valence-corrected chi connectivity index (χ2v) is 6.06. The molecule has 0 aromatic carbocycles. The molecule has 0 saturated heterocycles. The summed E-state index contributed by atoms with van der Waals surface area (Å²) in [6, 6.07) is 0. The molecule has 84 valence electrons. The fourth-order valence-electron chi connectivity index (χ4n) is 1.53. The Morgan fingerprint density at radius 1 is 1.21 bits per heavy atom. The van der Waals surface area contributed by atoms with Gasteiger partial charge in [0, 0.05) is 0 Å². The summed E-state index contributed by atoms with van der Waals surface area (Å²) < 4.78 is 0. The molecule has 14 heavy (non-hydrogen) atoms. The summed E-state index contributed by atoms with van der Waals surface area (Å²) in [5, 5.41) is 0. The van der Waals surface area contributed by atoms with Crippen molar-refractivity contribution in [1.82, 2.24) is 0 Å². The Morgan fingerprint density at radius 3 is 2.36 bits per heavy atom. The lowest BCUT2D eigenvalue weighted by Crippen LogP contribution is -2.12. The van der Waals surface area contributed by atoms with Gasteiger partial charge in [0.15, 0.2) is 0 Å². The molecular formula is C13H26S.